The van der Waals surface area contributed by atoms with Gasteiger partial charge in [0.15, 0.2) is 0 Å². The monoisotopic (exact) mass is 298 g/mol. The lowest BCUT2D eigenvalue weighted by molar-refractivity contribution is -0.144. The molecule has 0 saturated carbocycles. The van der Waals surface area contributed by atoms with Crippen molar-refractivity contribution in [3.63, 3.8) is 0 Å². The highest BCUT2D eigenvalue weighted by Crippen LogP contribution is 2.21. The molecule has 21 heavy (non-hydrogen) atoms. The summed E-state index contributed by atoms with van der Waals surface area (Å²) in [5.41, 5.74) is 6.81. The Kier molecular flexibility index (Phi) is 6.25. The third kappa shape index (κ3) is 6.82. The predicted molar refractivity (Wildman–Crippen MR) is 74.2 cm³/mol. The van der Waals surface area contributed by atoms with Gasteiger partial charge >= 0.3 is 6.18 Å². The van der Waals surface area contributed by atoms with E-state index < -0.39 is 24.9 Å². The van der Waals surface area contributed by atoms with E-state index in [0.29, 0.717) is 0 Å². The smallest absolute Gasteiger partial charge is 0.350 e. The third-order valence-electron chi connectivity index (χ3n) is 2.73. The average molecular weight is 298 g/mol. The number of carbonyl (C=O) groups is 1. The maximum absolute atomic E-state index is 12.0. The summed E-state index contributed by atoms with van der Waals surface area (Å²) in [5.74, 6) is 4.95. The zero-order valence-electron chi connectivity index (χ0n) is 11.6. The Morgan fingerprint density at radius 2 is 2.14 bits per heavy atom. The molecule has 1 amide bonds. The number of carbonyl (C=O) groups excluding carboxylic acids is 1. The van der Waals surface area contributed by atoms with Crippen molar-refractivity contribution in [1.82, 2.24) is 5.32 Å². The fourth-order valence-corrected chi connectivity index (χ4v) is 1.69. The van der Waals surface area contributed by atoms with Crippen LogP contribution >= 0.6 is 0 Å². The summed E-state index contributed by atoms with van der Waals surface area (Å²) in [4.78, 5) is 11.5. The molecule has 3 nitrogen and oxygen atoms in total. The first-order valence-electron chi connectivity index (χ1n) is 6.47. The van der Waals surface area contributed by atoms with Crippen molar-refractivity contribution in [3.8, 4) is 11.8 Å². The Balaban J connectivity index is 2.63. The van der Waals surface area contributed by atoms with E-state index in [9.17, 15) is 18.0 Å². The molecule has 0 heterocycles. The van der Waals surface area contributed by atoms with Gasteiger partial charge in [-0.15, -0.1) is 0 Å². The Morgan fingerprint density at radius 1 is 1.43 bits per heavy atom. The van der Waals surface area contributed by atoms with E-state index in [1.165, 1.54) is 0 Å². The summed E-state index contributed by atoms with van der Waals surface area (Å²) in [6, 6.07) is 6.74. The predicted octanol–water partition coefficient (Wildman–Crippen LogP) is 2.52. The van der Waals surface area contributed by atoms with E-state index in [0.717, 1.165) is 11.1 Å². The van der Waals surface area contributed by atoms with Crippen molar-refractivity contribution >= 4 is 5.91 Å². The largest absolute Gasteiger partial charge is 0.389 e. The van der Waals surface area contributed by atoms with Crippen LogP contribution in [-0.2, 0) is 4.79 Å². The lowest BCUT2D eigenvalue weighted by Crippen LogP contribution is -2.27. The van der Waals surface area contributed by atoms with E-state index >= 15 is 0 Å². The second-order valence-corrected chi connectivity index (χ2v) is 4.54. The van der Waals surface area contributed by atoms with Crippen LogP contribution in [-0.4, -0.2) is 18.6 Å². The summed E-state index contributed by atoms with van der Waals surface area (Å²) >= 11 is 0. The minimum atomic E-state index is -4.32. The summed E-state index contributed by atoms with van der Waals surface area (Å²) in [6.07, 6.45) is -6.01. The fraction of sp³-hybridized carbons (Fsp3) is 0.400. The quantitative estimate of drug-likeness (QED) is 0.839. The highest BCUT2D eigenvalue weighted by molar-refractivity contribution is 5.76. The van der Waals surface area contributed by atoms with Gasteiger partial charge in [-0.2, -0.15) is 13.2 Å². The zero-order chi connectivity index (χ0) is 15.9. The van der Waals surface area contributed by atoms with Crippen molar-refractivity contribution in [2.24, 2.45) is 5.73 Å². The van der Waals surface area contributed by atoms with E-state index in [2.05, 4.69) is 17.2 Å². The molecule has 0 radical (unpaired) electrons. The highest BCUT2D eigenvalue weighted by atomic mass is 19.4. The molecule has 1 aromatic rings. The third-order valence-corrected chi connectivity index (χ3v) is 2.73. The van der Waals surface area contributed by atoms with Crippen molar-refractivity contribution in [2.75, 3.05) is 6.54 Å². The van der Waals surface area contributed by atoms with Gasteiger partial charge in [-0.25, -0.2) is 0 Å². The van der Waals surface area contributed by atoms with Crippen LogP contribution in [0.2, 0.25) is 0 Å². The van der Waals surface area contributed by atoms with Gasteiger partial charge in [-0.05, 0) is 24.6 Å². The molecule has 0 saturated heterocycles. The van der Waals surface area contributed by atoms with Gasteiger partial charge in [-0.1, -0.05) is 24.0 Å². The minimum absolute atomic E-state index is 0.244. The molecular weight excluding hydrogens is 281 g/mol. The molecule has 1 unspecified atom stereocenters. The molecule has 0 aliphatic heterocycles. The number of alkyl halides is 3. The zero-order valence-corrected chi connectivity index (χ0v) is 11.6. The first kappa shape index (κ1) is 17.1. The van der Waals surface area contributed by atoms with Gasteiger partial charge in [0.25, 0.3) is 0 Å². The van der Waals surface area contributed by atoms with Crippen LogP contribution in [0.15, 0.2) is 24.3 Å². The second kappa shape index (κ2) is 7.70. The number of hydrogen-bond donors (Lipinski definition) is 2. The second-order valence-electron chi connectivity index (χ2n) is 4.54. The first-order chi connectivity index (χ1) is 9.81. The number of nitrogens with one attached hydrogen (secondary N) is 1. The summed E-state index contributed by atoms with van der Waals surface area (Å²) < 4.78 is 36.1. The molecule has 0 aliphatic rings. The number of amides is 1. The van der Waals surface area contributed by atoms with Crippen molar-refractivity contribution in [3.05, 3.63) is 35.4 Å². The molecule has 1 rings (SSSR count). The number of halogens is 3. The Hall–Kier alpha value is -2.00. The molecular formula is C15H17F3N2O. The summed E-state index contributed by atoms with van der Waals surface area (Å²) in [6.45, 7) is 1.95. The molecule has 1 aromatic carbocycles. The van der Waals surface area contributed by atoms with Crippen LogP contribution in [0.4, 0.5) is 13.2 Å². The van der Waals surface area contributed by atoms with Crippen molar-refractivity contribution < 1.29 is 18.0 Å². The number of nitrogens with two attached hydrogens (primary N) is 1. The maximum Gasteiger partial charge on any atom is 0.389 e. The molecule has 3 N–H and O–H groups in total. The number of rotatable bonds is 4. The minimum Gasteiger partial charge on any atom is -0.350 e. The molecule has 0 bridgehead atoms. The van der Waals surface area contributed by atoms with Crippen LogP contribution in [0.1, 0.15) is 36.9 Å². The lowest BCUT2D eigenvalue weighted by Gasteiger charge is -2.15. The standard InChI is InChI=1S/C15H17F3N2O/c1-11(20-14(21)7-8-15(16,17)18)13-6-2-4-12(10-13)5-3-9-19/h2,4,6,10-11H,7-9,19H2,1H3,(H,20,21). The topological polar surface area (TPSA) is 55.1 Å². The van der Waals surface area contributed by atoms with Crippen LogP contribution in [0, 0.1) is 11.8 Å². The van der Waals surface area contributed by atoms with E-state index in [-0.39, 0.29) is 12.6 Å². The molecule has 114 valence electrons. The average Bonchev–Trinajstić information content (AvgIpc) is 2.42. The lowest BCUT2D eigenvalue weighted by atomic mass is 10.0. The highest BCUT2D eigenvalue weighted by Gasteiger charge is 2.28. The van der Waals surface area contributed by atoms with Crippen LogP contribution < -0.4 is 11.1 Å². The van der Waals surface area contributed by atoms with Gasteiger partial charge < -0.3 is 11.1 Å². The molecule has 0 aromatic heterocycles. The van der Waals surface area contributed by atoms with E-state index in [1.807, 2.05) is 0 Å². The van der Waals surface area contributed by atoms with Gasteiger partial charge in [0.2, 0.25) is 5.91 Å². The summed E-state index contributed by atoms with van der Waals surface area (Å²) in [7, 11) is 0. The SMILES string of the molecule is CC(NC(=O)CCC(F)(F)F)c1cccc(C#CCN)c1. The molecule has 1 atom stereocenters. The van der Waals surface area contributed by atoms with Crippen LogP contribution in [0.3, 0.4) is 0 Å². The van der Waals surface area contributed by atoms with Gasteiger partial charge in [0.1, 0.15) is 0 Å². The van der Waals surface area contributed by atoms with E-state index in [1.54, 1.807) is 31.2 Å². The van der Waals surface area contributed by atoms with Gasteiger partial charge in [-0.3, -0.25) is 4.79 Å². The van der Waals surface area contributed by atoms with Crippen molar-refractivity contribution in [2.45, 2.75) is 32.0 Å². The normalized spacial score (nSPS) is 12.2. The Labute approximate surface area is 121 Å². The van der Waals surface area contributed by atoms with Crippen LogP contribution in [0.5, 0.6) is 0 Å². The van der Waals surface area contributed by atoms with Crippen molar-refractivity contribution in [1.29, 1.82) is 0 Å². The Morgan fingerprint density at radius 3 is 2.76 bits per heavy atom. The Bertz CT molecular complexity index is 544. The van der Waals surface area contributed by atoms with Gasteiger partial charge in [0.05, 0.1) is 19.0 Å². The fourth-order valence-electron chi connectivity index (χ4n) is 1.69. The maximum atomic E-state index is 12.0. The molecule has 6 heteroatoms. The number of benzene rings is 1. The summed E-state index contributed by atoms with van der Waals surface area (Å²) in [5, 5.41) is 2.54. The molecule has 0 aliphatic carbocycles. The first-order valence-corrected chi connectivity index (χ1v) is 6.47. The number of hydrogen-bond acceptors (Lipinski definition) is 2. The van der Waals surface area contributed by atoms with Crippen LogP contribution in [0.25, 0.3) is 0 Å². The van der Waals surface area contributed by atoms with Gasteiger partial charge in [0, 0.05) is 12.0 Å². The molecule has 0 fully saturated rings. The van der Waals surface area contributed by atoms with E-state index in [4.69, 9.17) is 5.73 Å². The molecule has 0 spiro atoms.